The molecule has 0 saturated heterocycles. The quantitative estimate of drug-likeness (QED) is 0.679. The van der Waals surface area contributed by atoms with Gasteiger partial charge in [-0.15, -0.1) is 11.8 Å². The smallest absolute Gasteiger partial charge is 0.243 e. The first-order valence-electron chi connectivity index (χ1n) is 8.82. The lowest BCUT2D eigenvalue weighted by Gasteiger charge is -2.18. The molecule has 0 radical (unpaired) electrons. The molecule has 6 nitrogen and oxygen atoms in total. The van der Waals surface area contributed by atoms with E-state index in [4.69, 9.17) is 4.84 Å². The Hall–Kier alpha value is -2.45. The molecule has 2 heterocycles. The first-order valence-corrected chi connectivity index (χ1v) is 11.5. The van der Waals surface area contributed by atoms with Crippen LogP contribution in [0.4, 0.5) is 0 Å². The summed E-state index contributed by atoms with van der Waals surface area (Å²) in [6.07, 6.45) is 0. The summed E-state index contributed by atoms with van der Waals surface area (Å²) in [6, 6.07) is 17.7. The maximum atomic E-state index is 13.3. The average Bonchev–Trinajstić information content (AvgIpc) is 3.38. The number of ketones is 1. The van der Waals surface area contributed by atoms with Crippen molar-refractivity contribution in [2.45, 2.75) is 5.44 Å². The monoisotopic (exact) mass is 414 g/mol. The van der Waals surface area contributed by atoms with Gasteiger partial charge in [0.2, 0.25) is 5.44 Å². The molecule has 2 aromatic rings. The molecular weight excluding hydrogens is 396 g/mol. The van der Waals surface area contributed by atoms with E-state index < -0.39 is 21.2 Å². The van der Waals surface area contributed by atoms with Crippen molar-refractivity contribution in [2.75, 3.05) is 18.1 Å². The Balaban J connectivity index is 1.71. The number of carbonyl (C=O) groups excluding carboxylic acids is 1. The van der Waals surface area contributed by atoms with E-state index in [1.807, 2.05) is 18.2 Å². The second-order valence-corrected chi connectivity index (χ2v) is 9.70. The molecule has 2 aromatic carbocycles. The third-order valence-corrected chi connectivity index (χ3v) is 7.48. The van der Waals surface area contributed by atoms with Crippen LogP contribution < -0.4 is 0 Å². The summed E-state index contributed by atoms with van der Waals surface area (Å²) in [7, 11) is -3.80. The minimum absolute atomic E-state index is 0.238. The van der Waals surface area contributed by atoms with E-state index in [1.54, 1.807) is 42.5 Å². The summed E-state index contributed by atoms with van der Waals surface area (Å²) in [5.41, 5.74) is 0.0693. The number of thioether (sulfide) groups is 1. The molecule has 2 atom stereocenters. The van der Waals surface area contributed by atoms with Gasteiger partial charge in [0.15, 0.2) is 15.6 Å². The summed E-state index contributed by atoms with van der Waals surface area (Å²) in [5.74, 6) is -0.815. The summed E-state index contributed by atoms with van der Waals surface area (Å²) in [5, 5.41) is 4.58. The highest BCUT2D eigenvalue weighted by Gasteiger charge is 2.48. The maximum Gasteiger partial charge on any atom is 0.243 e. The van der Waals surface area contributed by atoms with Crippen molar-refractivity contribution in [3.63, 3.8) is 0 Å². The van der Waals surface area contributed by atoms with Crippen LogP contribution in [-0.4, -0.2) is 48.4 Å². The van der Waals surface area contributed by atoms with Gasteiger partial charge in [-0.3, -0.25) is 9.79 Å². The molecular formula is C20H18N2O4S2. The Labute approximate surface area is 167 Å². The van der Waals surface area contributed by atoms with Gasteiger partial charge in [0.05, 0.1) is 5.04 Å². The highest BCUT2D eigenvalue weighted by Crippen LogP contribution is 2.31. The van der Waals surface area contributed by atoms with Gasteiger partial charge in [-0.05, 0) is 0 Å². The molecule has 0 fully saturated rings. The third kappa shape index (κ3) is 3.74. The second kappa shape index (κ2) is 7.89. The summed E-state index contributed by atoms with van der Waals surface area (Å²) >= 11 is 1.42. The van der Waals surface area contributed by atoms with Crippen LogP contribution in [-0.2, 0) is 14.7 Å². The van der Waals surface area contributed by atoms with Crippen molar-refractivity contribution in [3.8, 4) is 0 Å². The van der Waals surface area contributed by atoms with Crippen LogP contribution in [0.5, 0.6) is 0 Å². The van der Waals surface area contributed by atoms with Gasteiger partial charge < -0.3 is 4.84 Å². The molecule has 0 amide bonds. The Morgan fingerprint density at radius 2 is 1.75 bits per heavy atom. The topological polar surface area (TPSA) is 85.2 Å². The number of oxime groups is 1. The van der Waals surface area contributed by atoms with Gasteiger partial charge in [-0.2, -0.15) is 0 Å². The highest BCUT2D eigenvalue weighted by atomic mass is 32.2. The van der Waals surface area contributed by atoms with Gasteiger partial charge in [-0.1, -0.05) is 65.8 Å². The molecule has 2 aliphatic heterocycles. The number of aliphatic imine (C=N–C) groups is 1. The summed E-state index contributed by atoms with van der Waals surface area (Å²) < 4.78 is 26.1. The standard InChI is InChI=1S/C20H18N2O4S2/c23-19(15-9-5-2-6-10-15)17-18(14-7-3-1-4-8-14)22-26-20(17)28(24,25)13-16-21-11-12-27-16/h1-10,17,20H,11-13H2. The molecule has 0 aromatic heterocycles. The zero-order valence-electron chi connectivity index (χ0n) is 14.9. The fourth-order valence-electron chi connectivity index (χ4n) is 3.22. The van der Waals surface area contributed by atoms with Gasteiger partial charge in [0.25, 0.3) is 0 Å². The van der Waals surface area contributed by atoms with E-state index >= 15 is 0 Å². The molecule has 144 valence electrons. The molecule has 0 aliphatic carbocycles. The Morgan fingerprint density at radius 1 is 1.07 bits per heavy atom. The number of hydrogen-bond acceptors (Lipinski definition) is 7. The average molecular weight is 415 g/mol. The van der Waals surface area contributed by atoms with Crippen molar-refractivity contribution in [2.24, 2.45) is 16.1 Å². The number of carbonyl (C=O) groups is 1. The molecule has 2 unspecified atom stereocenters. The van der Waals surface area contributed by atoms with Crippen LogP contribution >= 0.6 is 11.8 Å². The normalized spacial score (nSPS) is 21.7. The van der Waals surface area contributed by atoms with Crippen molar-refractivity contribution >= 4 is 38.1 Å². The van der Waals surface area contributed by atoms with Gasteiger partial charge >= 0.3 is 0 Å². The lowest BCUT2D eigenvalue weighted by atomic mass is 9.90. The largest absolute Gasteiger partial charge is 0.375 e. The van der Waals surface area contributed by atoms with Crippen LogP contribution in [0, 0.1) is 5.92 Å². The van der Waals surface area contributed by atoms with Gasteiger partial charge in [-0.25, -0.2) is 8.42 Å². The SMILES string of the molecule is O=C(c1ccccc1)C1C(c2ccccc2)=NOC1S(=O)(=O)CC1=NCCS1. The Morgan fingerprint density at radius 3 is 2.39 bits per heavy atom. The molecule has 0 N–H and O–H groups in total. The molecule has 2 aliphatic rings. The zero-order valence-corrected chi connectivity index (χ0v) is 16.5. The predicted octanol–water partition coefficient (Wildman–Crippen LogP) is 2.81. The number of Topliss-reactive ketones (excluding diaryl/α,β-unsaturated/α-hetero) is 1. The van der Waals surface area contributed by atoms with E-state index in [9.17, 15) is 13.2 Å². The van der Waals surface area contributed by atoms with E-state index in [-0.39, 0.29) is 11.5 Å². The first kappa shape index (κ1) is 18.9. The first-order chi connectivity index (χ1) is 13.6. The van der Waals surface area contributed by atoms with E-state index in [1.165, 1.54) is 11.8 Å². The Bertz CT molecular complexity index is 1030. The minimum atomic E-state index is -3.80. The molecule has 8 heteroatoms. The summed E-state index contributed by atoms with van der Waals surface area (Å²) in [4.78, 5) is 22.8. The van der Waals surface area contributed by atoms with E-state index in [0.717, 1.165) is 5.75 Å². The van der Waals surface area contributed by atoms with Crippen LogP contribution in [0.15, 0.2) is 70.8 Å². The van der Waals surface area contributed by atoms with Crippen molar-refractivity contribution < 1.29 is 18.0 Å². The van der Waals surface area contributed by atoms with Crippen LogP contribution in [0.2, 0.25) is 0 Å². The predicted molar refractivity (Wildman–Crippen MR) is 111 cm³/mol. The number of sulfone groups is 1. The van der Waals surface area contributed by atoms with E-state index in [2.05, 4.69) is 10.1 Å². The lowest BCUT2D eigenvalue weighted by molar-refractivity contribution is 0.0815. The second-order valence-electron chi connectivity index (χ2n) is 6.46. The molecule has 0 bridgehead atoms. The van der Waals surface area contributed by atoms with Crippen molar-refractivity contribution in [1.82, 2.24) is 0 Å². The molecule has 0 saturated carbocycles. The van der Waals surface area contributed by atoms with Crippen molar-refractivity contribution in [3.05, 3.63) is 71.8 Å². The third-order valence-electron chi connectivity index (χ3n) is 4.56. The lowest BCUT2D eigenvalue weighted by Crippen LogP contribution is -2.39. The number of nitrogens with zero attached hydrogens (tertiary/aromatic N) is 2. The number of rotatable bonds is 6. The van der Waals surface area contributed by atoms with Crippen LogP contribution in [0.3, 0.4) is 0 Å². The van der Waals surface area contributed by atoms with Gasteiger partial charge in [0.1, 0.15) is 17.4 Å². The minimum Gasteiger partial charge on any atom is -0.375 e. The van der Waals surface area contributed by atoms with Crippen molar-refractivity contribution in [1.29, 1.82) is 0 Å². The molecule has 0 spiro atoms. The fourth-order valence-corrected chi connectivity index (χ4v) is 6.09. The fraction of sp³-hybridized carbons (Fsp3) is 0.250. The summed E-state index contributed by atoms with van der Waals surface area (Å²) in [6.45, 7) is 0.610. The Kier molecular flexibility index (Phi) is 5.32. The molecule has 28 heavy (non-hydrogen) atoms. The van der Waals surface area contributed by atoms with Crippen LogP contribution in [0.25, 0.3) is 0 Å². The van der Waals surface area contributed by atoms with Crippen LogP contribution in [0.1, 0.15) is 15.9 Å². The zero-order chi connectivity index (χ0) is 19.6. The van der Waals surface area contributed by atoms with E-state index in [0.29, 0.717) is 28.4 Å². The molecule has 4 rings (SSSR count). The maximum absolute atomic E-state index is 13.3. The van der Waals surface area contributed by atoms with Gasteiger partial charge in [0, 0.05) is 23.4 Å². The number of hydrogen-bond donors (Lipinski definition) is 0. The number of benzene rings is 2. The highest BCUT2D eigenvalue weighted by molar-refractivity contribution is 8.15.